The summed E-state index contributed by atoms with van der Waals surface area (Å²) in [6, 6.07) is 4.82. The number of rotatable bonds is 4. The van der Waals surface area contributed by atoms with Crippen LogP contribution in [0.15, 0.2) is 18.2 Å². The summed E-state index contributed by atoms with van der Waals surface area (Å²) >= 11 is 13.3. The Morgan fingerprint density at radius 1 is 1.33 bits per heavy atom. The third-order valence-electron chi connectivity index (χ3n) is 3.04. The first-order valence-corrected chi connectivity index (χ1v) is 8.01. The molecule has 1 aromatic heterocycles. The molecule has 1 fully saturated rings. The van der Waals surface area contributed by atoms with E-state index in [0.717, 1.165) is 23.4 Å². The second kappa shape index (κ2) is 6.17. The van der Waals surface area contributed by atoms with Crippen LogP contribution in [0.1, 0.15) is 29.3 Å². The van der Waals surface area contributed by atoms with Crippen LogP contribution in [0.2, 0.25) is 10.0 Å². The van der Waals surface area contributed by atoms with Crippen molar-refractivity contribution in [1.29, 1.82) is 0 Å². The average Bonchev–Trinajstić information content (AvgIpc) is 3.19. The zero-order valence-corrected chi connectivity index (χ0v) is 13.2. The largest absolute Gasteiger partial charge is 0.334 e. The quantitative estimate of drug-likeness (QED) is 0.880. The van der Waals surface area contributed by atoms with E-state index in [2.05, 4.69) is 20.8 Å². The molecule has 8 heteroatoms. The van der Waals surface area contributed by atoms with E-state index in [4.69, 9.17) is 23.2 Å². The van der Waals surface area contributed by atoms with Gasteiger partial charge < -0.3 is 5.32 Å². The van der Waals surface area contributed by atoms with Crippen LogP contribution in [-0.2, 0) is 6.54 Å². The molecule has 0 bridgehead atoms. The maximum absolute atomic E-state index is 11.8. The molecule has 21 heavy (non-hydrogen) atoms. The van der Waals surface area contributed by atoms with Crippen molar-refractivity contribution in [3.63, 3.8) is 0 Å². The van der Waals surface area contributed by atoms with E-state index in [1.54, 1.807) is 18.2 Å². The lowest BCUT2D eigenvalue weighted by molar-refractivity contribution is 0.251. The molecule has 1 aliphatic carbocycles. The number of urea groups is 1. The van der Waals surface area contributed by atoms with Crippen molar-refractivity contribution in [2.45, 2.75) is 25.3 Å². The number of nitrogens with zero attached hydrogens (tertiary/aromatic N) is 2. The van der Waals surface area contributed by atoms with Crippen molar-refractivity contribution in [3.8, 4) is 0 Å². The summed E-state index contributed by atoms with van der Waals surface area (Å²) in [5.74, 6) is 0.536. The second-order valence-corrected chi connectivity index (χ2v) is 6.62. The molecule has 2 amide bonds. The van der Waals surface area contributed by atoms with Gasteiger partial charge in [0.25, 0.3) is 0 Å². The summed E-state index contributed by atoms with van der Waals surface area (Å²) in [7, 11) is 0. The number of carbonyl (C=O) groups is 1. The standard InChI is InChI=1S/C13H12Cl2N4OS/c14-9-4-3-8(10(15)5-9)6-16-12(20)17-13-19-18-11(21-13)7-1-2-7/h3-5,7H,1-2,6H2,(H2,16,17,19,20). The number of aromatic nitrogens is 2. The van der Waals surface area contributed by atoms with Gasteiger partial charge in [-0.15, -0.1) is 10.2 Å². The third-order valence-corrected chi connectivity index (χ3v) is 4.63. The lowest BCUT2D eigenvalue weighted by Gasteiger charge is -2.07. The molecule has 110 valence electrons. The normalized spacial score (nSPS) is 14.0. The zero-order chi connectivity index (χ0) is 14.8. The first-order valence-electron chi connectivity index (χ1n) is 6.44. The molecule has 1 heterocycles. The highest BCUT2D eigenvalue weighted by molar-refractivity contribution is 7.15. The van der Waals surface area contributed by atoms with Crippen LogP contribution in [0.4, 0.5) is 9.93 Å². The van der Waals surface area contributed by atoms with Crippen LogP contribution in [-0.4, -0.2) is 16.2 Å². The highest BCUT2D eigenvalue weighted by Crippen LogP contribution is 2.41. The minimum Gasteiger partial charge on any atom is -0.334 e. The third kappa shape index (κ3) is 3.84. The predicted molar refractivity (Wildman–Crippen MR) is 84.2 cm³/mol. The lowest BCUT2D eigenvalue weighted by atomic mass is 10.2. The molecule has 0 saturated heterocycles. The fraction of sp³-hybridized carbons (Fsp3) is 0.308. The fourth-order valence-corrected chi connectivity index (χ4v) is 3.15. The molecular formula is C13H12Cl2N4OS. The van der Waals surface area contributed by atoms with Gasteiger partial charge in [0.05, 0.1) is 0 Å². The highest BCUT2D eigenvalue weighted by atomic mass is 35.5. The van der Waals surface area contributed by atoms with Crippen molar-refractivity contribution in [3.05, 3.63) is 38.8 Å². The average molecular weight is 343 g/mol. The molecule has 0 aliphatic heterocycles. The van der Waals surface area contributed by atoms with E-state index in [-0.39, 0.29) is 6.03 Å². The highest BCUT2D eigenvalue weighted by Gasteiger charge is 2.27. The summed E-state index contributed by atoms with van der Waals surface area (Å²) < 4.78 is 0. The number of benzene rings is 1. The molecule has 1 aromatic carbocycles. The van der Waals surface area contributed by atoms with Crippen LogP contribution >= 0.6 is 34.5 Å². The second-order valence-electron chi connectivity index (χ2n) is 4.76. The first kappa shape index (κ1) is 14.6. The monoisotopic (exact) mass is 342 g/mol. The fourth-order valence-electron chi connectivity index (χ4n) is 1.76. The van der Waals surface area contributed by atoms with Gasteiger partial charge >= 0.3 is 6.03 Å². The molecule has 2 aromatic rings. The first-order chi connectivity index (χ1) is 10.1. The minimum absolute atomic E-state index is 0.316. The van der Waals surface area contributed by atoms with Gasteiger partial charge in [0.1, 0.15) is 5.01 Å². The maximum Gasteiger partial charge on any atom is 0.321 e. The van der Waals surface area contributed by atoms with Gasteiger partial charge in [-0.05, 0) is 30.5 Å². The SMILES string of the molecule is O=C(NCc1ccc(Cl)cc1Cl)Nc1nnc(C2CC2)s1. The van der Waals surface area contributed by atoms with Gasteiger partial charge in [-0.25, -0.2) is 4.79 Å². The van der Waals surface area contributed by atoms with Crippen molar-refractivity contribution in [1.82, 2.24) is 15.5 Å². The Morgan fingerprint density at radius 3 is 2.86 bits per heavy atom. The minimum atomic E-state index is -0.334. The van der Waals surface area contributed by atoms with E-state index >= 15 is 0 Å². The number of nitrogens with one attached hydrogen (secondary N) is 2. The number of halogens is 2. The molecule has 1 saturated carbocycles. The Labute approximate surface area is 135 Å². The number of anilines is 1. The molecular weight excluding hydrogens is 331 g/mol. The summed E-state index contributed by atoms with van der Waals surface area (Å²) in [6.45, 7) is 0.316. The van der Waals surface area contributed by atoms with Gasteiger partial charge in [0.2, 0.25) is 5.13 Å². The molecule has 1 aliphatic rings. The number of hydrogen-bond acceptors (Lipinski definition) is 4. The smallest absolute Gasteiger partial charge is 0.321 e. The summed E-state index contributed by atoms with van der Waals surface area (Å²) in [5, 5.41) is 16.0. The molecule has 3 rings (SSSR count). The number of hydrogen-bond donors (Lipinski definition) is 2. The van der Waals surface area contributed by atoms with Crippen LogP contribution in [0.25, 0.3) is 0 Å². The summed E-state index contributed by atoms with van der Waals surface area (Å²) in [4.78, 5) is 11.8. The van der Waals surface area contributed by atoms with Gasteiger partial charge in [-0.1, -0.05) is 40.6 Å². The van der Waals surface area contributed by atoms with Crippen molar-refractivity contribution < 1.29 is 4.79 Å². The molecule has 0 radical (unpaired) electrons. The Hall–Kier alpha value is -1.37. The van der Waals surface area contributed by atoms with Gasteiger partial charge in [-0.2, -0.15) is 0 Å². The number of amides is 2. The Kier molecular flexibility index (Phi) is 4.28. The van der Waals surface area contributed by atoms with Crippen molar-refractivity contribution in [2.75, 3.05) is 5.32 Å². The van der Waals surface area contributed by atoms with Crippen LogP contribution < -0.4 is 10.6 Å². The topological polar surface area (TPSA) is 66.9 Å². The molecule has 0 spiro atoms. The van der Waals surface area contributed by atoms with Crippen LogP contribution in [0.3, 0.4) is 0 Å². The van der Waals surface area contributed by atoms with Crippen LogP contribution in [0.5, 0.6) is 0 Å². The Bertz CT molecular complexity index is 672. The summed E-state index contributed by atoms with van der Waals surface area (Å²) in [5.41, 5.74) is 0.798. The van der Waals surface area contributed by atoms with Crippen molar-refractivity contribution >= 4 is 45.7 Å². The molecule has 0 unspecified atom stereocenters. The lowest BCUT2D eigenvalue weighted by Crippen LogP contribution is -2.28. The molecule has 0 atom stereocenters. The number of carbonyl (C=O) groups excluding carboxylic acids is 1. The van der Waals surface area contributed by atoms with Crippen molar-refractivity contribution in [2.24, 2.45) is 0 Å². The van der Waals surface area contributed by atoms with E-state index < -0.39 is 0 Å². The van der Waals surface area contributed by atoms with Gasteiger partial charge in [0, 0.05) is 22.5 Å². The Balaban J connectivity index is 1.53. The molecule has 2 N–H and O–H groups in total. The maximum atomic E-state index is 11.8. The zero-order valence-electron chi connectivity index (χ0n) is 10.9. The summed E-state index contributed by atoms with van der Waals surface area (Å²) in [6.07, 6.45) is 2.33. The van der Waals surface area contributed by atoms with Crippen LogP contribution in [0, 0.1) is 0 Å². The predicted octanol–water partition coefficient (Wildman–Crippen LogP) is 4.04. The van der Waals surface area contributed by atoms with E-state index in [9.17, 15) is 4.79 Å². The molecule has 5 nitrogen and oxygen atoms in total. The van der Waals surface area contributed by atoms with Gasteiger partial charge in [-0.3, -0.25) is 5.32 Å². The van der Waals surface area contributed by atoms with E-state index in [1.165, 1.54) is 11.3 Å². The Morgan fingerprint density at radius 2 is 2.14 bits per heavy atom. The van der Waals surface area contributed by atoms with E-state index in [0.29, 0.717) is 27.6 Å². The van der Waals surface area contributed by atoms with E-state index in [1.807, 2.05) is 0 Å². The van der Waals surface area contributed by atoms with Gasteiger partial charge in [0.15, 0.2) is 0 Å².